The lowest BCUT2D eigenvalue weighted by molar-refractivity contribution is -0.205. The van der Waals surface area contributed by atoms with Crippen molar-refractivity contribution in [2.45, 2.75) is 72.8 Å². The molecule has 0 heterocycles. The van der Waals surface area contributed by atoms with Gasteiger partial charge in [-0.15, -0.1) is 6.42 Å². The molecule has 0 bridgehead atoms. The van der Waals surface area contributed by atoms with E-state index in [4.69, 9.17) is 6.42 Å². The Morgan fingerprint density at radius 2 is 1.70 bits per heavy atom. The van der Waals surface area contributed by atoms with E-state index in [0.29, 0.717) is 5.56 Å². The number of carbonyl (C=O) groups excluding carboxylic acids is 5. The summed E-state index contributed by atoms with van der Waals surface area (Å²) in [4.78, 5) is 67.9. The van der Waals surface area contributed by atoms with E-state index in [1.807, 2.05) is 13.8 Å². The summed E-state index contributed by atoms with van der Waals surface area (Å²) in [6.07, 6.45) is 5.83. The van der Waals surface area contributed by atoms with Gasteiger partial charge in [-0.1, -0.05) is 47.5 Å². The molecule has 0 amide bonds. The molecule has 1 aromatic carbocycles. The van der Waals surface area contributed by atoms with Gasteiger partial charge in [-0.3, -0.25) is 24.0 Å². The Kier molecular flexibility index (Phi) is 5.97. The highest BCUT2D eigenvalue weighted by atomic mass is 16.3. The minimum absolute atomic E-state index is 0.0260. The molecular weight excluding hydrogens is 472 g/mol. The van der Waals surface area contributed by atoms with E-state index >= 15 is 0 Å². The smallest absolute Gasteiger partial charge is 0.190 e. The number of rotatable bonds is 3. The van der Waals surface area contributed by atoms with Gasteiger partial charge in [0, 0.05) is 11.3 Å². The topological polar surface area (TPSA) is 126 Å². The van der Waals surface area contributed by atoms with Gasteiger partial charge in [0.2, 0.25) is 0 Å². The van der Waals surface area contributed by atoms with Crippen LogP contribution in [0.4, 0.5) is 0 Å². The van der Waals surface area contributed by atoms with Crippen molar-refractivity contribution in [3.05, 3.63) is 28.3 Å². The third kappa shape index (κ3) is 3.21. The van der Waals surface area contributed by atoms with Gasteiger partial charge >= 0.3 is 0 Å². The summed E-state index contributed by atoms with van der Waals surface area (Å²) in [5, 5.41) is 23.0. The second-order valence-corrected chi connectivity index (χ2v) is 12.3. The Balaban J connectivity index is 2.03. The number of benzene rings is 1. The second-order valence-electron chi connectivity index (χ2n) is 12.3. The van der Waals surface area contributed by atoms with Crippen LogP contribution < -0.4 is 0 Å². The van der Waals surface area contributed by atoms with Crippen LogP contribution in [-0.2, 0) is 25.6 Å². The zero-order chi connectivity index (χ0) is 28.0. The summed E-state index contributed by atoms with van der Waals surface area (Å²) in [7, 11) is 0. The maximum absolute atomic E-state index is 14.2. The van der Waals surface area contributed by atoms with Crippen LogP contribution in [0.5, 0.6) is 5.75 Å². The number of carbonyl (C=O) groups is 5. The SMILES string of the molecule is C#Cc1cc(C(C)C)c2c(c1O)C(=O)C1C(=O)[C@@]3(O)C(=O)C(C(C)=O)C(=O)C(C(C)C)[C@@]3(C)C[C@@]1(C)C2. The Bertz CT molecular complexity index is 1330. The van der Waals surface area contributed by atoms with Gasteiger partial charge < -0.3 is 10.2 Å². The molecule has 3 unspecified atom stereocenters. The number of Topliss-reactive ketones (excluding diaryl/α,β-unsaturated/α-hetero) is 5. The van der Waals surface area contributed by atoms with Crippen LogP contribution in [0.2, 0.25) is 0 Å². The van der Waals surface area contributed by atoms with Crippen LogP contribution in [-0.4, -0.2) is 44.7 Å². The van der Waals surface area contributed by atoms with Gasteiger partial charge in [0.15, 0.2) is 28.7 Å². The number of aliphatic hydroxyl groups is 1. The summed E-state index contributed by atoms with van der Waals surface area (Å²) in [6.45, 7) is 11.8. The third-order valence-corrected chi connectivity index (χ3v) is 9.19. The highest BCUT2D eigenvalue weighted by Gasteiger charge is 2.76. The molecule has 0 radical (unpaired) electrons. The highest BCUT2D eigenvalue weighted by Crippen LogP contribution is 2.64. The second kappa shape index (κ2) is 8.19. The minimum atomic E-state index is -2.70. The first-order valence-corrected chi connectivity index (χ1v) is 12.7. The van der Waals surface area contributed by atoms with Gasteiger partial charge in [-0.25, -0.2) is 0 Å². The van der Waals surface area contributed by atoms with E-state index in [9.17, 15) is 34.2 Å². The molecule has 3 aliphatic rings. The fraction of sp³-hybridized carbons (Fsp3) is 0.567. The van der Waals surface area contributed by atoms with Crippen LogP contribution in [0.3, 0.4) is 0 Å². The van der Waals surface area contributed by atoms with E-state index in [1.54, 1.807) is 33.8 Å². The largest absolute Gasteiger partial charge is 0.506 e. The molecule has 7 heteroatoms. The maximum atomic E-state index is 14.2. The Morgan fingerprint density at radius 1 is 1.11 bits per heavy atom. The molecule has 3 aliphatic carbocycles. The van der Waals surface area contributed by atoms with Gasteiger partial charge in [-0.05, 0) is 54.2 Å². The predicted octanol–water partition coefficient (Wildman–Crippen LogP) is 3.20. The average Bonchev–Trinajstić information content (AvgIpc) is 2.75. The predicted molar refractivity (Wildman–Crippen MR) is 135 cm³/mol. The fourth-order valence-electron chi connectivity index (χ4n) is 7.86. The van der Waals surface area contributed by atoms with Crippen molar-refractivity contribution in [1.82, 2.24) is 0 Å². The normalized spacial score (nSPS) is 35.2. The van der Waals surface area contributed by atoms with Gasteiger partial charge in [0.05, 0.1) is 17.0 Å². The highest BCUT2D eigenvalue weighted by molar-refractivity contribution is 6.32. The van der Waals surface area contributed by atoms with E-state index in [0.717, 1.165) is 12.5 Å². The molecule has 2 saturated carbocycles. The third-order valence-electron chi connectivity index (χ3n) is 9.19. The van der Waals surface area contributed by atoms with E-state index < -0.39 is 68.9 Å². The summed E-state index contributed by atoms with van der Waals surface area (Å²) in [5.74, 6) is -6.79. The average molecular weight is 507 g/mol. The van der Waals surface area contributed by atoms with Crippen LogP contribution in [0.1, 0.15) is 87.9 Å². The number of terminal acetylenes is 1. The molecule has 1 aromatic rings. The van der Waals surface area contributed by atoms with Crippen molar-refractivity contribution in [3.63, 3.8) is 0 Å². The number of hydrogen-bond donors (Lipinski definition) is 2. The summed E-state index contributed by atoms with van der Waals surface area (Å²) in [6, 6.07) is 1.68. The molecule has 0 aromatic heterocycles. The number of ketones is 5. The first-order chi connectivity index (χ1) is 17.0. The van der Waals surface area contributed by atoms with E-state index in [1.165, 1.54) is 0 Å². The molecule has 4 rings (SSSR count). The van der Waals surface area contributed by atoms with Crippen molar-refractivity contribution in [2.24, 2.45) is 34.5 Å². The molecule has 0 aliphatic heterocycles. The zero-order valence-electron chi connectivity index (χ0n) is 22.4. The number of aromatic hydroxyl groups is 1. The molecule has 2 N–H and O–H groups in total. The number of phenolic OH excluding ortho intramolecular Hbond substituents is 1. The van der Waals surface area contributed by atoms with Gasteiger partial charge in [0.25, 0.3) is 0 Å². The Morgan fingerprint density at radius 3 is 2.19 bits per heavy atom. The van der Waals surface area contributed by atoms with Crippen LogP contribution in [0, 0.1) is 46.8 Å². The monoisotopic (exact) mass is 506 g/mol. The summed E-state index contributed by atoms with van der Waals surface area (Å²) < 4.78 is 0. The zero-order valence-corrected chi connectivity index (χ0v) is 22.4. The number of hydrogen-bond acceptors (Lipinski definition) is 7. The quantitative estimate of drug-likeness (QED) is 0.476. The van der Waals surface area contributed by atoms with Crippen LogP contribution in [0.25, 0.3) is 0 Å². The molecule has 37 heavy (non-hydrogen) atoms. The van der Waals surface area contributed by atoms with Crippen molar-refractivity contribution in [2.75, 3.05) is 0 Å². The van der Waals surface area contributed by atoms with Crippen molar-refractivity contribution in [3.8, 4) is 18.1 Å². The molecular formula is C30H34O7. The van der Waals surface area contributed by atoms with Crippen molar-refractivity contribution in [1.29, 1.82) is 0 Å². The Labute approximate surface area is 217 Å². The summed E-state index contributed by atoms with van der Waals surface area (Å²) >= 11 is 0. The number of fused-ring (bicyclic) bond motifs is 3. The van der Waals surface area contributed by atoms with Gasteiger partial charge in [-0.2, -0.15) is 0 Å². The van der Waals surface area contributed by atoms with E-state index in [-0.39, 0.29) is 35.8 Å². The Hall–Kier alpha value is -3.11. The number of phenols is 1. The first kappa shape index (κ1) is 26.9. The lowest BCUT2D eigenvalue weighted by atomic mass is 9.39. The van der Waals surface area contributed by atoms with E-state index in [2.05, 4.69) is 5.92 Å². The minimum Gasteiger partial charge on any atom is -0.506 e. The molecule has 6 atom stereocenters. The van der Waals surface area contributed by atoms with Crippen LogP contribution >= 0.6 is 0 Å². The van der Waals surface area contributed by atoms with Crippen LogP contribution in [0.15, 0.2) is 6.07 Å². The lowest BCUT2D eigenvalue weighted by Crippen LogP contribution is -2.76. The van der Waals surface area contributed by atoms with Crippen molar-refractivity contribution < 1.29 is 34.2 Å². The molecule has 7 nitrogen and oxygen atoms in total. The maximum Gasteiger partial charge on any atom is 0.190 e. The lowest BCUT2D eigenvalue weighted by Gasteiger charge is -2.62. The summed E-state index contributed by atoms with van der Waals surface area (Å²) in [5.41, 5.74) is -3.84. The molecule has 2 fully saturated rings. The first-order valence-electron chi connectivity index (χ1n) is 12.7. The standard InChI is InChI=1S/C30H34O7/c1-9-16-10-17(13(2)3)18-11-28(7)12-29(8)21(14(4)5)24(33)19(15(6)31)26(35)30(29,37)27(36)22(28)25(34)20(18)23(16)32/h1,10,13-14,19,21-22,32,37H,11-12H2,2-8H3/t19?,21?,22?,28-,29-,30+/m1/s1. The molecule has 0 saturated heterocycles. The fourth-order valence-corrected chi connectivity index (χ4v) is 7.86. The molecule has 0 spiro atoms. The van der Waals surface area contributed by atoms with Crippen molar-refractivity contribution >= 4 is 28.9 Å². The van der Waals surface area contributed by atoms with Gasteiger partial charge in [0.1, 0.15) is 17.5 Å². The molecule has 196 valence electrons.